The van der Waals surface area contributed by atoms with Crippen LogP contribution in [0.5, 0.6) is 0 Å². The normalized spacial score (nSPS) is 17.8. The molecule has 1 aromatic carbocycles. The largest absolute Gasteiger partial charge is 0.378 e. The number of ether oxygens (including phenoxy) is 1. The molecule has 0 spiro atoms. The Kier molecular flexibility index (Phi) is 6.12. The standard InChI is InChI=1S/C17H25N3O3/c1-11(2)17(22)19-13-5-4-12(3)15(8-13)20-16(21)9-14-10-23-7-6-18-14/h4-5,8,11,14,18H,6-7,9-10H2,1-3H3,(H,19,22)(H,20,21). The van der Waals surface area contributed by atoms with Crippen LogP contribution in [0.4, 0.5) is 11.4 Å². The summed E-state index contributed by atoms with van der Waals surface area (Å²) in [4.78, 5) is 24.0. The van der Waals surface area contributed by atoms with Gasteiger partial charge < -0.3 is 20.7 Å². The molecule has 0 bridgehead atoms. The van der Waals surface area contributed by atoms with Crippen molar-refractivity contribution in [1.82, 2.24) is 5.32 Å². The summed E-state index contributed by atoms with van der Waals surface area (Å²) in [6, 6.07) is 5.56. The maximum absolute atomic E-state index is 12.2. The van der Waals surface area contributed by atoms with Crippen LogP contribution in [0.25, 0.3) is 0 Å². The number of carbonyl (C=O) groups excluding carboxylic acids is 2. The van der Waals surface area contributed by atoms with E-state index in [2.05, 4.69) is 16.0 Å². The molecular weight excluding hydrogens is 294 g/mol. The van der Waals surface area contributed by atoms with E-state index in [0.29, 0.717) is 31.0 Å². The van der Waals surface area contributed by atoms with Crippen LogP contribution in [0, 0.1) is 12.8 Å². The zero-order chi connectivity index (χ0) is 16.8. The van der Waals surface area contributed by atoms with Crippen LogP contribution in [0.1, 0.15) is 25.8 Å². The van der Waals surface area contributed by atoms with E-state index in [4.69, 9.17) is 4.74 Å². The van der Waals surface area contributed by atoms with Crippen molar-refractivity contribution in [2.24, 2.45) is 5.92 Å². The molecule has 1 atom stereocenters. The van der Waals surface area contributed by atoms with Crippen molar-refractivity contribution in [3.8, 4) is 0 Å². The highest BCUT2D eigenvalue weighted by Crippen LogP contribution is 2.21. The van der Waals surface area contributed by atoms with Gasteiger partial charge in [-0.15, -0.1) is 0 Å². The number of rotatable bonds is 5. The van der Waals surface area contributed by atoms with Crippen LogP contribution >= 0.6 is 0 Å². The highest BCUT2D eigenvalue weighted by molar-refractivity contribution is 5.95. The quantitative estimate of drug-likeness (QED) is 0.774. The van der Waals surface area contributed by atoms with Gasteiger partial charge in [-0.25, -0.2) is 0 Å². The highest BCUT2D eigenvalue weighted by atomic mass is 16.5. The zero-order valence-electron chi connectivity index (χ0n) is 13.9. The fourth-order valence-electron chi connectivity index (χ4n) is 2.30. The summed E-state index contributed by atoms with van der Waals surface area (Å²) in [6.45, 7) is 7.61. The number of carbonyl (C=O) groups is 2. The molecule has 0 aliphatic carbocycles. The Morgan fingerprint density at radius 2 is 2.13 bits per heavy atom. The first kappa shape index (κ1) is 17.4. The molecule has 3 N–H and O–H groups in total. The van der Waals surface area contributed by atoms with Crippen LogP contribution in [0.15, 0.2) is 18.2 Å². The van der Waals surface area contributed by atoms with Crippen molar-refractivity contribution >= 4 is 23.2 Å². The molecule has 23 heavy (non-hydrogen) atoms. The predicted octanol–water partition coefficient (Wildman–Crippen LogP) is 1.91. The molecule has 1 saturated heterocycles. The lowest BCUT2D eigenvalue weighted by molar-refractivity contribution is -0.119. The number of anilines is 2. The van der Waals surface area contributed by atoms with Crippen molar-refractivity contribution < 1.29 is 14.3 Å². The first-order valence-electron chi connectivity index (χ1n) is 7.98. The molecule has 1 aliphatic heterocycles. The lowest BCUT2D eigenvalue weighted by Gasteiger charge is -2.23. The molecule has 6 heteroatoms. The number of amides is 2. The van der Waals surface area contributed by atoms with Gasteiger partial charge in [0.25, 0.3) is 0 Å². The van der Waals surface area contributed by atoms with E-state index in [1.165, 1.54) is 0 Å². The van der Waals surface area contributed by atoms with Gasteiger partial charge in [-0.2, -0.15) is 0 Å². The van der Waals surface area contributed by atoms with Crippen LogP contribution in [-0.4, -0.2) is 37.6 Å². The number of benzene rings is 1. The summed E-state index contributed by atoms with van der Waals surface area (Å²) in [7, 11) is 0. The summed E-state index contributed by atoms with van der Waals surface area (Å²) in [5, 5.41) is 9.01. The van der Waals surface area contributed by atoms with Gasteiger partial charge in [-0.3, -0.25) is 9.59 Å². The van der Waals surface area contributed by atoms with E-state index in [9.17, 15) is 9.59 Å². The number of nitrogens with one attached hydrogen (secondary N) is 3. The maximum atomic E-state index is 12.2. The summed E-state index contributed by atoms with van der Waals surface area (Å²) in [5.41, 5.74) is 2.35. The second kappa shape index (κ2) is 8.08. The summed E-state index contributed by atoms with van der Waals surface area (Å²) in [6.07, 6.45) is 0.363. The second-order valence-corrected chi connectivity index (χ2v) is 6.15. The first-order valence-corrected chi connectivity index (χ1v) is 7.98. The van der Waals surface area contributed by atoms with Gasteiger partial charge in [0.05, 0.1) is 13.2 Å². The van der Waals surface area contributed by atoms with Gasteiger partial charge in [-0.1, -0.05) is 19.9 Å². The molecule has 2 amide bonds. The zero-order valence-corrected chi connectivity index (χ0v) is 13.9. The van der Waals surface area contributed by atoms with Gasteiger partial charge in [0.1, 0.15) is 0 Å². The molecule has 0 radical (unpaired) electrons. The molecule has 1 heterocycles. The minimum atomic E-state index is -0.0910. The average molecular weight is 319 g/mol. The Morgan fingerprint density at radius 1 is 1.35 bits per heavy atom. The average Bonchev–Trinajstić information content (AvgIpc) is 2.51. The molecule has 1 aliphatic rings. The Bertz CT molecular complexity index is 566. The Balaban J connectivity index is 1.97. The van der Waals surface area contributed by atoms with E-state index in [1.54, 1.807) is 6.07 Å². The molecule has 126 valence electrons. The molecule has 1 unspecified atom stereocenters. The topological polar surface area (TPSA) is 79.5 Å². The van der Waals surface area contributed by atoms with E-state index >= 15 is 0 Å². The Labute approximate surface area is 137 Å². The molecule has 1 aromatic rings. The summed E-state index contributed by atoms with van der Waals surface area (Å²) < 4.78 is 5.35. The lowest BCUT2D eigenvalue weighted by atomic mass is 10.1. The van der Waals surface area contributed by atoms with Gasteiger partial charge in [-0.05, 0) is 24.6 Å². The first-order chi connectivity index (χ1) is 11.0. The second-order valence-electron chi connectivity index (χ2n) is 6.15. The van der Waals surface area contributed by atoms with Crippen LogP contribution < -0.4 is 16.0 Å². The molecule has 1 fully saturated rings. The molecule has 0 aromatic heterocycles. The fourth-order valence-corrected chi connectivity index (χ4v) is 2.30. The SMILES string of the molecule is Cc1ccc(NC(=O)C(C)C)cc1NC(=O)CC1COCCN1. The van der Waals surface area contributed by atoms with Crippen molar-refractivity contribution in [3.63, 3.8) is 0 Å². The highest BCUT2D eigenvalue weighted by Gasteiger charge is 2.17. The third kappa shape index (κ3) is 5.33. The summed E-state index contributed by atoms with van der Waals surface area (Å²) in [5.74, 6) is -0.204. The fraction of sp³-hybridized carbons (Fsp3) is 0.529. The molecular formula is C17H25N3O3. The minimum absolute atomic E-state index is 0.0466. The van der Waals surface area contributed by atoms with Gasteiger partial charge in [0.15, 0.2) is 0 Å². The van der Waals surface area contributed by atoms with Crippen molar-refractivity contribution in [2.75, 3.05) is 30.4 Å². The van der Waals surface area contributed by atoms with Gasteiger partial charge >= 0.3 is 0 Å². The van der Waals surface area contributed by atoms with Gasteiger partial charge in [0.2, 0.25) is 11.8 Å². The number of aryl methyl sites for hydroxylation is 1. The number of morpholine rings is 1. The van der Waals surface area contributed by atoms with Crippen LogP contribution in [0.2, 0.25) is 0 Å². The van der Waals surface area contributed by atoms with E-state index in [-0.39, 0.29) is 23.8 Å². The predicted molar refractivity (Wildman–Crippen MR) is 90.5 cm³/mol. The van der Waals surface area contributed by atoms with Crippen LogP contribution in [0.3, 0.4) is 0 Å². The van der Waals surface area contributed by atoms with E-state index in [0.717, 1.165) is 12.1 Å². The molecule has 0 saturated carbocycles. The molecule has 2 rings (SSSR count). The smallest absolute Gasteiger partial charge is 0.226 e. The van der Waals surface area contributed by atoms with Crippen molar-refractivity contribution in [2.45, 2.75) is 33.2 Å². The lowest BCUT2D eigenvalue weighted by Crippen LogP contribution is -2.43. The van der Waals surface area contributed by atoms with Gasteiger partial charge in [0, 0.05) is 36.3 Å². The number of hydrogen-bond acceptors (Lipinski definition) is 4. The Hall–Kier alpha value is -1.92. The number of hydrogen-bond donors (Lipinski definition) is 3. The van der Waals surface area contributed by atoms with E-state index < -0.39 is 0 Å². The van der Waals surface area contributed by atoms with E-state index in [1.807, 2.05) is 32.9 Å². The third-order valence-corrected chi connectivity index (χ3v) is 3.73. The van der Waals surface area contributed by atoms with Crippen molar-refractivity contribution in [1.29, 1.82) is 0 Å². The maximum Gasteiger partial charge on any atom is 0.226 e. The van der Waals surface area contributed by atoms with Crippen molar-refractivity contribution in [3.05, 3.63) is 23.8 Å². The monoisotopic (exact) mass is 319 g/mol. The van der Waals surface area contributed by atoms with Crippen LogP contribution in [-0.2, 0) is 14.3 Å². The third-order valence-electron chi connectivity index (χ3n) is 3.73. The molecule has 6 nitrogen and oxygen atoms in total. The Morgan fingerprint density at radius 3 is 2.78 bits per heavy atom. The summed E-state index contributed by atoms with van der Waals surface area (Å²) >= 11 is 0. The minimum Gasteiger partial charge on any atom is -0.378 e.